The minimum Gasteiger partial charge on any atom is -0.497 e. The lowest BCUT2D eigenvalue weighted by atomic mass is 9.89. The SMILES string of the molecule is CCc1ccc(N(CC(=O)NC2CC(C)(C)Oc3cc(OC)ccc32)S(=O)(=O)c2ccccc2)cc1. The van der Waals surface area contributed by atoms with Gasteiger partial charge in [-0.15, -0.1) is 0 Å². The van der Waals surface area contributed by atoms with Crippen molar-refractivity contribution < 1.29 is 22.7 Å². The largest absolute Gasteiger partial charge is 0.497 e. The molecule has 3 aromatic carbocycles. The van der Waals surface area contributed by atoms with Crippen molar-refractivity contribution in [2.45, 2.75) is 50.2 Å². The maximum absolute atomic E-state index is 13.6. The minimum atomic E-state index is -3.97. The van der Waals surface area contributed by atoms with E-state index in [2.05, 4.69) is 5.32 Å². The van der Waals surface area contributed by atoms with Crippen molar-refractivity contribution in [2.24, 2.45) is 0 Å². The van der Waals surface area contributed by atoms with Gasteiger partial charge in [-0.2, -0.15) is 0 Å². The maximum atomic E-state index is 13.6. The molecule has 1 N–H and O–H groups in total. The van der Waals surface area contributed by atoms with Crippen LogP contribution in [0.15, 0.2) is 77.7 Å². The second kappa shape index (κ2) is 10.2. The molecule has 1 heterocycles. The molecule has 1 aliphatic heterocycles. The van der Waals surface area contributed by atoms with E-state index in [-0.39, 0.29) is 17.5 Å². The zero-order valence-electron chi connectivity index (χ0n) is 21.0. The fraction of sp³-hybridized carbons (Fsp3) is 0.321. The monoisotopic (exact) mass is 508 g/mol. The molecule has 1 amide bonds. The summed E-state index contributed by atoms with van der Waals surface area (Å²) < 4.78 is 39.8. The molecule has 0 aromatic heterocycles. The molecule has 0 radical (unpaired) electrons. The van der Waals surface area contributed by atoms with Crippen LogP contribution in [0, 0.1) is 0 Å². The molecule has 7 nitrogen and oxygen atoms in total. The van der Waals surface area contributed by atoms with Crippen molar-refractivity contribution in [1.29, 1.82) is 0 Å². The first-order valence-corrected chi connectivity index (χ1v) is 13.4. The lowest BCUT2D eigenvalue weighted by molar-refractivity contribution is -0.120. The van der Waals surface area contributed by atoms with Crippen molar-refractivity contribution in [3.8, 4) is 11.5 Å². The highest BCUT2D eigenvalue weighted by atomic mass is 32.2. The van der Waals surface area contributed by atoms with Crippen LogP contribution in [0.2, 0.25) is 0 Å². The number of carbonyl (C=O) groups is 1. The van der Waals surface area contributed by atoms with Crippen LogP contribution < -0.4 is 19.1 Å². The quantitative estimate of drug-likeness (QED) is 0.469. The number of ether oxygens (including phenoxy) is 2. The summed E-state index contributed by atoms with van der Waals surface area (Å²) in [7, 11) is -2.38. The third kappa shape index (κ3) is 5.49. The van der Waals surface area contributed by atoms with E-state index >= 15 is 0 Å². The van der Waals surface area contributed by atoms with Crippen LogP contribution in [0.5, 0.6) is 11.5 Å². The highest BCUT2D eigenvalue weighted by Gasteiger charge is 2.36. The Kier molecular flexibility index (Phi) is 7.26. The number of amides is 1. The molecule has 0 saturated heterocycles. The summed E-state index contributed by atoms with van der Waals surface area (Å²) >= 11 is 0. The molecule has 8 heteroatoms. The van der Waals surface area contributed by atoms with E-state index in [4.69, 9.17) is 9.47 Å². The van der Waals surface area contributed by atoms with E-state index in [0.717, 1.165) is 21.9 Å². The van der Waals surface area contributed by atoms with Crippen LogP contribution >= 0.6 is 0 Å². The number of hydrogen-bond acceptors (Lipinski definition) is 5. The Bertz CT molecular complexity index is 1320. The number of anilines is 1. The van der Waals surface area contributed by atoms with Crippen LogP contribution in [0.1, 0.15) is 44.4 Å². The predicted molar refractivity (Wildman–Crippen MR) is 140 cm³/mol. The van der Waals surface area contributed by atoms with Gasteiger partial charge < -0.3 is 14.8 Å². The fourth-order valence-corrected chi connectivity index (χ4v) is 5.83. The molecule has 0 saturated carbocycles. The number of carbonyl (C=O) groups excluding carboxylic acids is 1. The molecule has 0 fully saturated rings. The number of hydrogen-bond donors (Lipinski definition) is 1. The van der Waals surface area contributed by atoms with Crippen molar-refractivity contribution in [3.05, 3.63) is 83.9 Å². The zero-order valence-corrected chi connectivity index (χ0v) is 21.8. The summed E-state index contributed by atoms with van der Waals surface area (Å²) in [6, 6.07) is 20.6. The number of methoxy groups -OCH3 is 1. The van der Waals surface area contributed by atoms with E-state index in [1.54, 1.807) is 43.5 Å². The number of benzene rings is 3. The molecule has 4 rings (SSSR count). The Morgan fingerprint density at radius 2 is 1.78 bits per heavy atom. The molecular weight excluding hydrogens is 476 g/mol. The first kappa shape index (κ1) is 25.6. The highest BCUT2D eigenvalue weighted by Crippen LogP contribution is 2.41. The first-order chi connectivity index (χ1) is 17.1. The smallest absolute Gasteiger partial charge is 0.264 e. The van der Waals surface area contributed by atoms with Gasteiger partial charge in [-0.05, 0) is 62.2 Å². The van der Waals surface area contributed by atoms with E-state index in [1.165, 1.54) is 12.1 Å². The number of fused-ring (bicyclic) bond motifs is 1. The Morgan fingerprint density at radius 1 is 1.08 bits per heavy atom. The van der Waals surface area contributed by atoms with Gasteiger partial charge in [-0.3, -0.25) is 9.10 Å². The third-order valence-corrected chi connectivity index (χ3v) is 8.05. The van der Waals surface area contributed by atoms with Crippen LogP contribution in [0.4, 0.5) is 5.69 Å². The number of sulfonamides is 1. The van der Waals surface area contributed by atoms with Crippen molar-refractivity contribution in [1.82, 2.24) is 5.32 Å². The predicted octanol–water partition coefficient (Wildman–Crippen LogP) is 4.87. The third-order valence-electron chi connectivity index (χ3n) is 6.26. The molecule has 1 atom stereocenters. The summed E-state index contributed by atoms with van der Waals surface area (Å²) in [6.45, 7) is 5.59. The van der Waals surface area contributed by atoms with Gasteiger partial charge in [0.1, 0.15) is 23.6 Å². The van der Waals surface area contributed by atoms with Crippen molar-refractivity contribution >= 4 is 21.6 Å². The lowest BCUT2D eigenvalue weighted by Crippen LogP contribution is -2.45. The zero-order chi connectivity index (χ0) is 25.9. The van der Waals surface area contributed by atoms with Crippen LogP contribution in [-0.4, -0.2) is 33.6 Å². The molecule has 1 unspecified atom stereocenters. The molecule has 0 aliphatic carbocycles. The molecule has 0 spiro atoms. The second-order valence-electron chi connectivity index (χ2n) is 9.43. The van der Waals surface area contributed by atoms with Crippen molar-refractivity contribution in [3.63, 3.8) is 0 Å². The maximum Gasteiger partial charge on any atom is 0.264 e. The van der Waals surface area contributed by atoms with Crippen LogP contribution in [0.3, 0.4) is 0 Å². The number of rotatable bonds is 8. The molecular formula is C28H32N2O5S. The summed E-state index contributed by atoms with van der Waals surface area (Å²) in [5.74, 6) is 0.894. The average Bonchev–Trinajstić information content (AvgIpc) is 2.86. The average molecular weight is 509 g/mol. The molecule has 0 bridgehead atoms. The van der Waals surface area contributed by atoms with Gasteiger partial charge in [0.2, 0.25) is 5.91 Å². The van der Waals surface area contributed by atoms with E-state index < -0.39 is 21.5 Å². The van der Waals surface area contributed by atoms with Gasteiger partial charge in [0, 0.05) is 18.1 Å². The van der Waals surface area contributed by atoms with Gasteiger partial charge in [0.25, 0.3) is 10.0 Å². The Morgan fingerprint density at radius 3 is 2.42 bits per heavy atom. The first-order valence-electron chi connectivity index (χ1n) is 12.0. The topological polar surface area (TPSA) is 84.9 Å². The standard InChI is InChI=1S/C28H32N2O5S/c1-5-20-11-13-21(14-12-20)30(36(32,33)23-9-7-6-8-10-23)19-27(31)29-25-18-28(2,3)35-26-17-22(34-4)15-16-24(25)26/h6-17,25H,5,18-19H2,1-4H3,(H,29,31). The minimum absolute atomic E-state index is 0.127. The molecule has 190 valence electrons. The summed E-state index contributed by atoms with van der Waals surface area (Å²) in [6.07, 6.45) is 1.37. The van der Waals surface area contributed by atoms with Crippen LogP contribution in [-0.2, 0) is 21.2 Å². The number of aryl methyl sites for hydroxylation is 1. The van der Waals surface area contributed by atoms with Gasteiger partial charge in [-0.25, -0.2) is 8.42 Å². The second-order valence-corrected chi connectivity index (χ2v) is 11.3. The van der Waals surface area contributed by atoms with Gasteiger partial charge in [0.05, 0.1) is 23.7 Å². The lowest BCUT2D eigenvalue weighted by Gasteiger charge is -2.38. The highest BCUT2D eigenvalue weighted by molar-refractivity contribution is 7.92. The number of nitrogens with one attached hydrogen (secondary N) is 1. The van der Waals surface area contributed by atoms with Crippen molar-refractivity contribution in [2.75, 3.05) is 18.0 Å². The summed E-state index contributed by atoms with van der Waals surface area (Å²) in [4.78, 5) is 13.5. The van der Waals surface area contributed by atoms with E-state index in [9.17, 15) is 13.2 Å². The molecule has 36 heavy (non-hydrogen) atoms. The Hall–Kier alpha value is -3.52. The van der Waals surface area contributed by atoms with Gasteiger partial charge in [-0.1, -0.05) is 37.3 Å². The van der Waals surface area contributed by atoms with E-state index in [1.807, 2.05) is 45.0 Å². The molecule has 1 aliphatic rings. The number of nitrogens with zero attached hydrogens (tertiary/aromatic N) is 1. The normalized spacial score (nSPS) is 16.4. The molecule has 3 aromatic rings. The van der Waals surface area contributed by atoms with E-state index in [0.29, 0.717) is 23.6 Å². The van der Waals surface area contributed by atoms with Gasteiger partial charge >= 0.3 is 0 Å². The Balaban J connectivity index is 1.64. The Labute approximate surface area is 213 Å². The fourth-order valence-electron chi connectivity index (χ4n) is 4.39. The van der Waals surface area contributed by atoms with Gasteiger partial charge in [0.15, 0.2) is 0 Å². The van der Waals surface area contributed by atoms with Crippen LogP contribution in [0.25, 0.3) is 0 Å². The summed E-state index contributed by atoms with van der Waals surface area (Å²) in [5.41, 5.74) is 1.82. The summed E-state index contributed by atoms with van der Waals surface area (Å²) in [5, 5.41) is 3.05.